The molecule has 102 valence electrons. The Balaban J connectivity index is 1.81. The maximum absolute atomic E-state index is 12.2. The van der Waals surface area contributed by atoms with Gasteiger partial charge in [0.05, 0.1) is 25.7 Å². The summed E-state index contributed by atoms with van der Waals surface area (Å²) < 4.78 is 5.30. The smallest absolute Gasteiger partial charge is 0.239 e. The summed E-state index contributed by atoms with van der Waals surface area (Å²) in [6.45, 7) is 1.11. The molecule has 2 fully saturated rings. The normalized spacial score (nSPS) is 27.0. The average Bonchev–Trinajstić information content (AvgIpc) is 3.02. The summed E-state index contributed by atoms with van der Waals surface area (Å²) in [5.74, 6) is -0.292. The van der Waals surface area contributed by atoms with Crippen LogP contribution in [0.4, 0.5) is 0 Å². The highest BCUT2D eigenvalue weighted by atomic mass is 16.5. The molecule has 2 rings (SSSR count). The lowest BCUT2D eigenvalue weighted by Gasteiger charge is -2.23. The second-order valence-corrected chi connectivity index (χ2v) is 5.08. The molecule has 0 aromatic carbocycles. The summed E-state index contributed by atoms with van der Waals surface area (Å²) in [5, 5.41) is 5.95. The van der Waals surface area contributed by atoms with Crippen LogP contribution in [-0.2, 0) is 14.3 Å². The van der Waals surface area contributed by atoms with Crippen molar-refractivity contribution in [2.24, 2.45) is 5.92 Å². The maximum atomic E-state index is 12.2. The van der Waals surface area contributed by atoms with Gasteiger partial charge in [0.2, 0.25) is 11.8 Å². The molecule has 2 atom stereocenters. The van der Waals surface area contributed by atoms with Gasteiger partial charge in [-0.15, -0.1) is 0 Å². The number of nitrogens with one attached hydrogen (secondary N) is 2. The number of amides is 2. The Labute approximate surface area is 107 Å². The molecule has 1 aliphatic carbocycles. The molecule has 6 nitrogen and oxygen atoms in total. The highest BCUT2D eigenvalue weighted by Crippen LogP contribution is 2.19. The molecule has 0 bridgehead atoms. The Morgan fingerprint density at radius 1 is 1.33 bits per heavy atom. The van der Waals surface area contributed by atoms with Crippen LogP contribution in [0.25, 0.3) is 0 Å². The number of hydrogen-bond acceptors (Lipinski definition) is 4. The molecule has 1 saturated carbocycles. The average molecular weight is 255 g/mol. The van der Waals surface area contributed by atoms with E-state index < -0.39 is 0 Å². The fraction of sp³-hybridized carbons (Fsp3) is 0.833. The molecule has 2 amide bonds. The first-order valence-corrected chi connectivity index (χ1v) is 6.41. The highest BCUT2D eigenvalue weighted by molar-refractivity contribution is 5.86. The van der Waals surface area contributed by atoms with Crippen molar-refractivity contribution < 1.29 is 14.3 Å². The lowest BCUT2D eigenvalue weighted by molar-refractivity contribution is -0.138. The van der Waals surface area contributed by atoms with E-state index in [2.05, 4.69) is 10.6 Å². The summed E-state index contributed by atoms with van der Waals surface area (Å²) in [4.78, 5) is 25.3. The van der Waals surface area contributed by atoms with Crippen LogP contribution in [0.1, 0.15) is 12.8 Å². The highest BCUT2D eigenvalue weighted by Gasteiger charge is 2.35. The molecule has 0 aromatic heterocycles. The van der Waals surface area contributed by atoms with Crippen LogP contribution in [0.3, 0.4) is 0 Å². The first kappa shape index (κ1) is 13.3. The zero-order valence-corrected chi connectivity index (χ0v) is 10.9. The summed E-state index contributed by atoms with van der Waals surface area (Å²) in [5.41, 5.74) is 0. The largest absolute Gasteiger partial charge is 0.379 e. The number of nitrogens with zero attached hydrogens (tertiary/aromatic N) is 1. The molecule has 2 N–H and O–H groups in total. The van der Waals surface area contributed by atoms with Crippen LogP contribution in [0.15, 0.2) is 0 Å². The summed E-state index contributed by atoms with van der Waals surface area (Å²) in [6.07, 6.45) is 2.11. The van der Waals surface area contributed by atoms with Gasteiger partial charge in [0.15, 0.2) is 0 Å². The molecule has 2 unspecified atom stereocenters. The predicted octanol–water partition coefficient (Wildman–Crippen LogP) is -1.04. The quantitative estimate of drug-likeness (QED) is 0.658. The molecule has 6 heteroatoms. The zero-order valence-electron chi connectivity index (χ0n) is 10.9. The Hall–Kier alpha value is -1.14. The van der Waals surface area contributed by atoms with Gasteiger partial charge in [-0.2, -0.15) is 0 Å². The van der Waals surface area contributed by atoms with E-state index in [1.807, 2.05) is 7.05 Å². The minimum Gasteiger partial charge on any atom is -0.379 e. The number of hydrogen-bond donors (Lipinski definition) is 2. The van der Waals surface area contributed by atoms with Crippen molar-refractivity contribution in [1.29, 1.82) is 0 Å². The van der Waals surface area contributed by atoms with E-state index >= 15 is 0 Å². The van der Waals surface area contributed by atoms with Crippen LogP contribution in [0, 0.1) is 5.92 Å². The van der Waals surface area contributed by atoms with Crippen molar-refractivity contribution in [3.63, 3.8) is 0 Å². The van der Waals surface area contributed by atoms with E-state index in [-0.39, 0.29) is 30.3 Å². The van der Waals surface area contributed by atoms with E-state index in [9.17, 15) is 9.59 Å². The van der Waals surface area contributed by atoms with Gasteiger partial charge < -0.3 is 20.3 Å². The van der Waals surface area contributed by atoms with Crippen molar-refractivity contribution in [3.05, 3.63) is 0 Å². The van der Waals surface area contributed by atoms with Gasteiger partial charge in [0, 0.05) is 19.1 Å². The fourth-order valence-electron chi connectivity index (χ4n) is 2.16. The van der Waals surface area contributed by atoms with E-state index in [4.69, 9.17) is 4.74 Å². The zero-order chi connectivity index (χ0) is 13.1. The minimum atomic E-state index is -0.186. The third kappa shape index (κ3) is 3.20. The van der Waals surface area contributed by atoms with Gasteiger partial charge in [-0.3, -0.25) is 9.59 Å². The van der Waals surface area contributed by atoms with Gasteiger partial charge in [-0.1, -0.05) is 0 Å². The van der Waals surface area contributed by atoms with E-state index in [1.54, 1.807) is 7.05 Å². The third-order valence-electron chi connectivity index (χ3n) is 3.47. The van der Waals surface area contributed by atoms with Crippen LogP contribution in [0.2, 0.25) is 0 Å². The predicted molar refractivity (Wildman–Crippen MR) is 66.0 cm³/mol. The van der Waals surface area contributed by atoms with Crippen LogP contribution < -0.4 is 10.6 Å². The first-order valence-electron chi connectivity index (χ1n) is 6.41. The summed E-state index contributed by atoms with van der Waals surface area (Å²) >= 11 is 0. The van der Waals surface area contributed by atoms with E-state index in [0.29, 0.717) is 19.3 Å². The summed E-state index contributed by atoms with van der Waals surface area (Å²) in [6, 6.07) is 0.382. The minimum absolute atomic E-state index is 0.0298. The molecule has 18 heavy (non-hydrogen) atoms. The lowest BCUT2D eigenvalue weighted by atomic mass is 10.0. The third-order valence-corrected chi connectivity index (χ3v) is 3.47. The van der Waals surface area contributed by atoms with Crippen LogP contribution in [-0.4, -0.2) is 62.7 Å². The van der Waals surface area contributed by atoms with E-state index in [0.717, 1.165) is 12.8 Å². The molecule has 1 heterocycles. The molecule has 0 radical (unpaired) electrons. The monoisotopic (exact) mass is 255 g/mol. The Kier molecular flexibility index (Phi) is 4.19. The number of carbonyl (C=O) groups is 2. The molecule has 1 aliphatic heterocycles. The molecule has 0 spiro atoms. The lowest BCUT2D eigenvalue weighted by Crippen LogP contribution is -2.46. The van der Waals surface area contributed by atoms with Crippen molar-refractivity contribution >= 4 is 11.8 Å². The molecule has 0 aromatic rings. The van der Waals surface area contributed by atoms with Gasteiger partial charge in [0.25, 0.3) is 0 Å². The van der Waals surface area contributed by atoms with Crippen molar-refractivity contribution in [2.45, 2.75) is 24.9 Å². The molecule has 2 aliphatic rings. The van der Waals surface area contributed by atoms with Crippen molar-refractivity contribution in [2.75, 3.05) is 33.9 Å². The fourth-order valence-corrected chi connectivity index (χ4v) is 2.16. The topological polar surface area (TPSA) is 70.7 Å². The van der Waals surface area contributed by atoms with Gasteiger partial charge in [-0.25, -0.2) is 0 Å². The standard InChI is InChI=1S/C12H21N3O3/c1-13-10-7-18-6-9(10)12(17)15(2)5-11(16)14-8-3-4-8/h8-10,13H,3-7H2,1-2H3,(H,14,16). The van der Waals surface area contributed by atoms with Crippen LogP contribution >= 0.6 is 0 Å². The number of rotatable bonds is 5. The van der Waals surface area contributed by atoms with E-state index in [1.165, 1.54) is 4.90 Å². The Morgan fingerprint density at radius 2 is 2.06 bits per heavy atom. The second kappa shape index (κ2) is 5.67. The van der Waals surface area contributed by atoms with Gasteiger partial charge in [0.1, 0.15) is 0 Å². The maximum Gasteiger partial charge on any atom is 0.239 e. The number of carbonyl (C=O) groups excluding carboxylic acids is 2. The molecule has 1 saturated heterocycles. The molecular weight excluding hydrogens is 234 g/mol. The van der Waals surface area contributed by atoms with Gasteiger partial charge >= 0.3 is 0 Å². The Morgan fingerprint density at radius 3 is 2.67 bits per heavy atom. The number of ether oxygens (including phenoxy) is 1. The van der Waals surface area contributed by atoms with Gasteiger partial charge in [-0.05, 0) is 19.9 Å². The second-order valence-electron chi connectivity index (χ2n) is 5.08. The van der Waals surface area contributed by atoms with Crippen LogP contribution in [0.5, 0.6) is 0 Å². The Bertz CT molecular complexity index is 331. The van der Waals surface area contributed by atoms with Crippen molar-refractivity contribution in [1.82, 2.24) is 15.5 Å². The number of likely N-dealkylation sites (N-methyl/N-ethyl adjacent to an activating group) is 2. The summed E-state index contributed by atoms with van der Waals surface area (Å²) in [7, 11) is 3.49. The molecular formula is C12H21N3O3. The first-order chi connectivity index (χ1) is 8.61. The van der Waals surface area contributed by atoms with Crippen molar-refractivity contribution in [3.8, 4) is 0 Å². The SMILES string of the molecule is CNC1COCC1C(=O)N(C)CC(=O)NC1CC1.